The quantitative estimate of drug-likeness (QED) is 0.514. The average molecular weight is 395 g/mol. The van der Waals surface area contributed by atoms with Crippen LogP contribution in [-0.2, 0) is 33.4 Å². The van der Waals surface area contributed by atoms with Crippen molar-refractivity contribution in [3.8, 4) is 0 Å². The average Bonchev–Trinajstić information content (AvgIpc) is 3.25. The van der Waals surface area contributed by atoms with Gasteiger partial charge in [-0.3, -0.25) is 14.4 Å². The summed E-state index contributed by atoms with van der Waals surface area (Å²) in [5, 5.41) is 0. The molecule has 8 nitrogen and oxygen atoms in total. The lowest BCUT2D eigenvalue weighted by Crippen LogP contribution is -2.51. The van der Waals surface area contributed by atoms with Crippen molar-refractivity contribution >= 4 is 31.9 Å². The number of methoxy groups -OCH3 is 1. The maximum absolute atomic E-state index is 13.5. The van der Waals surface area contributed by atoms with E-state index in [1.807, 2.05) is 0 Å². The van der Waals surface area contributed by atoms with Crippen molar-refractivity contribution in [2.75, 3.05) is 13.7 Å². The predicted octanol–water partition coefficient (Wildman–Crippen LogP) is 0.777. The van der Waals surface area contributed by atoms with Crippen LogP contribution in [0, 0.1) is 23.7 Å². The Hall–Kier alpha value is -1.90. The second kappa shape index (κ2) is 6.05. The number of carbonyl (C=O) groups is 4. The summed E-state index contributed by atoms with van der Waals surface area (Å²) in [6.07, 6.45) is 0.334. The fraction of sp³-hybridized carbons (Fsp3) is 0.778. The molecule has 4 fully saturated rings. The number of ether oxygens (including phenoxy) is 3. The van der Waals surface area contributed by atoms with E-state index in [1.165, 1.54) is 12.0 Å². The Bertz CT molecular complexity index is 717. The molecule has 3 heterocycles. The van der Waals surface area contributed by atoms with Crippen molar-refractivity contribution in [3.63, 3.8) is 0 Å². The predicted molar refractivity (Wildman–Crippen MR) is 93.8 cm³/mol. The van der Waals surface area contributed by atoms with Crippen LogP contribution < -0.4 is 0 Å². The molecule has 1 unspecified atom stereocenters. The first-order chi connectivity index (χ1) is 12.7. The van der Waals surface area contributed by atoms with Crippen molar-refractivity contribution in [1.82, 2.24) is 4.90 Å². The second-order valence-electron chi connectivity index (χ2n) is 9.00. The summed E-state index contributed by atoms with van der Waals surface area (Å²) in [7, 11) is -0.608. The van der Waals surface area contributed by atoms with Crippen LogP contribution in [0.2, 0.25) is 25.2 Å². The first-order valence-electron chi connectivity index (χ1n) is 9.46. The van der Waals surface area contributed by atoms with E-state index in [9.17, 15) is 19.2 Å². The van der Waals surface area contributed by atoms with Gasteiger partial charge >= 0.3 is 17.9 Å². The molecule has 0 aromatic heterocycles. The first-order valence-corrected chi connectivity index (χ1v) is 13.0. The normalized spacial score (nSPS) is 40.0. The van der Waals surface area contributed by atoms with Crippen molar-refractivity contribution in [2.45, 2.75) is 50.4 Å². The summed E-state index contributed by atoms with van der Waals surface area (Å²) in [4.78, 5) is 52.4. The highest BCUT2D eigenvalue weighted by Crippen LogP contribution is 2.62. The van der Waals surface area contributed by atoms with Gasteiger partial charge in [-0.1, -0.05) is 19.6 Å². The van der Waals surface area contributed by atoms with E-state index in [0.29, 0.717) is 19.4 Å². The van der Waals surface area contributed by atoms with Crippen molar-refractivity contribution in [2.24, 2.45) is 23.7 Å². The van der Waals surface area contributed by atoms with Gasteiger partial charge in [-0.15, -0.1) is 0 Å². The minimum absolute atomic E-state index is 0.0617. The van der Waals surface area contributed by atoms with Gasteiger partial charge in [-0.25, -0.2) is 4.79 Å². The third-order valence-electron chi connectivity index (χ3n) is 6.61. The molecule has 1 aliphatic carbocycles. The molecule has 27 heavy (non-hydrogen) atoms. The third kappa shape index (κ3) is 2.54. The number of nitrogens with zero attached hydrogens (tertiary/aromatic N) is 1. The van der Waals surface area contributed by atoms with E-state index < -0.39 is 56.1 Å². The second-order valence-corrected chi connectivity index (χ2v) is 14.4. The van der Waals surface area contributed by atoms with Crippen LogP contribution >= 0.6 is 0 Å². The first kappa shape index (κ1) is 18.5. The highest BCUT2D eigenvalue weighted by atomic mass is 28.3. The zero-order valence-electron chi connectivity index (χ0n) is 16.0. The molecule has 0 radical (unpaired) electrons. The van der Waals surface area contributed by atoms with Gasteiger partial charge in [-0.2, -0.15) is 0 Å². The van der Waals surface area contributed by atoms with Crippen LogP contribution in [0.4, 0.5) is 0 Å². The molecule has 9 heteroatoms. The van der Waals surface area contributed by atoms with Gasteiger partial charge in [0.15, 0.2) is 0 Å². The highest BCUT2D eigenvalue weighted by Gasteiger charge is 2.72. The monoisotopic (exact) mass is 395 g/mol. The summed E-state index contributed by atoms with van der Waals surface area (Å²) < 4.78 is 15.5. The third-order valence-corrected chi connectivity index (χ3v) is 9.35. The van der Waals surface area contributed by atoms with E-state index in [2.05, 4.69) is 19.6 Å². The van der Waals surface area contributed by atoms with Crippen LogP contribution in [0.25, 0.3) is 0 Å². The molecule has 7 atom stereocenters. The topological polar surface area (TPSA) is 99.2 Å². The Morgan fingerprint density at radius 2 is 1.74 bits per heavy atom. The van der Waals surface area contributed by atoms with Gasteiger partial charge in [0, 0.05) is 20.5 Å². The van der Waals surface area contributed by atoms with Gasteiger partial charge in [0.25, 0.3) is 6.29 Å². The summed E-state index contributed by atoms with van der Waals surface area (Å²) in [6, 6.07) is -0.655. The van der Waals surface area contributed by atoms with E-state index in [-0.39, 0.29) is 17.4 Å². The van der Waals surface area contributed by atoms with Crippen LogP contribution in [0.5, 0.6) is 0 Å². The molecule has 1 saturated carbocycles. The molecular formula is C18H25NO7Si. The number of carbonyl (C=O) groups excluding carboxylic acids is 4. The Labute approximate surface area is 158 Å². The van der Waals surface area contributed by atoms with E-state index in [1.54, 1.807) is 0 Å². The molecule has 0 spiro atoms. The standard InChI is InChI=1S/C18H25NO7Si/c1-24-15(21)8-6-5-7-19(8)14(20)9-10-12-13(27(2,3)4)11(9)17(23)26-18(12)25-16(10)22/h8-13,18H,5-7H2,1-4H3/t8-,9-,10+,11-,12+,13-,18?/m0/s1. The number of fused-ring (bicyclic) bond motifs is 1. The van der Waals surface area contributed by atoms with Gasteiger partial charge in [0.1, 0.15) is 6.04 Å². The Morgan fingerprint density at radius 1 is 1.11 bits per heavy atom. The van der Waals surface area contributed by atoms with E-state index in [4.69, 9.17) is 14.2 Å². The van der Waals surface area contributed by atoms with Crippen LogP contribution in [0.1, 0.15) is 12.8 Å². The van der Waals surface area contributed by atoms with Crippen molar-refractivity contribution < 1.29 is 33.4 Å². The van der Waals surface area contributed by atoms with Crippen molar-refractivity contribution in [3.05, 3.63) is 0 Å². The molecule has 4 rings (SSSR count). The van der Waals surface area contributed by atoms with Gasteiger partial charge in [0.05, 0.1) is 24.9 Å². The fourth-order valence-corrected chi connectivity index (χ4v) is 8.62. The number of hydrogen-bond donors (Lipinski definition) is 0. The van der Waals surface area contributed by atoms with E-state index >= 15 is 0 Å². The largest absolute Gasteiger partial charge is 0.467 e. The lowest BCUT2D eigenvalue weighted by Gasteiger charge is -2.40. The highest BCUT2D eigenvalue weighted by molar-refractivity contribution is 6.78. The van der Waals surface area contributed by atoms with Gasteiger partial charge < -0.3 is 19.1 Å². The Balaban J connectivity index is 1.73. The van der Waals surface area contributed by atoms with Crippen LogP contribution in [0.3, 0.4) is 0 Å². The van der Waals surface area contributed by atoms with Gasteiger partial charge in [0.2, 0.25) is 5.91 Å². The molecule has 4 aliphatic rings. The Morgan fingerprint density at radius 3 is 2.33 bits per heavy atom. The number of amides is 1. The maximum Gasteiger partial charge on any atom is 0.328 e. The zero-order valence-corrected chi connectivity index (χ0v) is 17.0. The number of hydrogen-bond acceptors (Lipinski definition) is 7. The van der Waals surface area contributed by atoms with E-state index in [0.717, 1.165) is 0 Å². The van der Waals surface area contributed by atoms with Crippen LogP contribution in [0.15, 0.2) is 0 Å². The molecule has 2 bridgehead atoms. The SMILES string of the molecule is COC(=O)[C@@H]1CCCN1C(=O)[C@H]1[C@H]2C(=O)OC3OC(=O)[C@@H]1[C@H]([Si](C)(C)C)[C@H]32. The van der Waals surface area contributed by atoms with Crippen molar-refractivity contribution in [1.29, 1.82) is 0 Å². The molecule has 3 saturated heterocycles. The summed E-state index contributed by atoms with van der Waals surface area (Å²) in [5.41, 5.74) is -0.0617. The molecule has 148 valence electrons. The minimum atomic E-state index is -1.90. The molecule has 0 aromatic rings. The molecule has 3 aliphatic heterocycles. The number of likely N-dealkylation sites (tertiary alicyclic amines) is 1. The molecule has 0 aromatic carbocycles. The smallest absolute Gasteiger partial charge is 0.328 e. The number of esters is 3. The summed E-state index contributed by atoms with van der Waals surface area (Å²) in [6.45, 7) is 6.84. The molecule has 0 N–H and O–H groups in total. The zero-order chi connectivity index (χ0) is 19.7. The molecular weight excluding hydrogens is 370 g/mol. The lowest BCUT2D eigenvalue weighted by molar-refractivity contribution is -0.197. The number of rotatable bonds is 3. The fourth-order valence-electron chi connectivity index (χ4n) is 5.68. The van der Waals surface area contributed by atoms with Gasteiger partial charge in [-0.05, 0) is 18.4 Å². The van der Waals surface area contributed by atoms with Crippen LogP contribution in [-0.4, -0.2) is 62.8 Å². The Kier molecular flexibility index (Phi) is 4.14. The molecule has 1 amide bonds. The summed E-state index contributed by atoms with van der Waals surface area (Å²) in [5.74, 6) is -4.08. The maximum atomic E-state index is 13.5. The lowest BCUT2D eigenvalue weighted by atomic mass is 9.87. The minimum Gasteiger partial charge on any atom is -0.467 e. The summed E-state index contributed by atoms with van der Waals surface area (Å²) >= 11 is 0.